The van der Waals surface area contributed by atoms with Crippen molar-refractivity contribution in [3.8, 4) is 0 Å². The highest BCUT2D eigenvalue weighted by Gasteiger charge is 2.16. The van der Waals surface area contributed by atoms with Crippen molar-refractivity contribution in [2.45, 2.75) is 26.2 Å². The first-order valence-electron chi connectivity index (χ1n) is 6.71. The lowest BCUT2D eigenvalue weighted by Crippen LogP contribution is -2.37. The minimum absolute atomic E-state index is 0.0377. The minimum atomic E-state index is -0.809. The minimum Gasteiger partial charge on any atom is -0.396 e. The summed E-state index contributed by atoms with van der Waals surface area (Å²) in [4.78, 5) is 13.5. The highest BCUT2D eigenvalue weighted by Crippen LogP contribution is 2.18. The second kappa shape index (κ2) is 8.47. The van der Waals surface area contributed by atoms with Crippen LogP contribution in [-0.2, 0) is 0 Å². The van der Waals surface area contributed by atoms with Gasteiger partial charge in [-0.1, -0.05) is 19.4 Å². The molecule has 6 heteroatoms. The van der Waals surface area contributed by atoms with Crippen molar-refractivity contribution in [1.82, 2.24) is 4.90 Å². The van der Waals surface area contributed by atoms with E-state index in [9.17, 15) is 13.6 Å². The molecule has 1 aromatic carbocycles. The highest BCUT2D eigenvalue weighted by atomic mass is 19.1. The molecule has 0 saturated carbocycles. The maximum absolute atomic E-state index is 13.5. The average Bonchev–Trinajstić information content (AvgIpc) is 2.43. The van der Waals surface area contributed by atoms with E-state index in [1.165, 1.54) is 11.0 Å². The van der Waals surface area contributed by atoms with Crippen molar-refractivity contribution in [2.75, 3.05) is 25.0 Å². The molecule has 0 spiro atoms. The van der Waals surface area contributed by atoms with Gasteiger partial charge >= 0.3 is 6.03 Å². The van der Waals surface area contributed by atoms with Crippen LogP contribution in [0.25, 0.3) is 0 Å². The first-order valence-corrected chi connectivity index (χ1v) is 6.71. The molecular weight excluding hydrogens is 266 g/mol. The third kappa shape index (κ3) is 4.77. The van der Waals surface area contributed by atoms with Gasteiger partial charge < -0.3 is 15.3 Å². The number of hydrogen-bond acceptors (Lipinski definition) is 2. The quantitative estimate of drug-likeness (QED) is 0.809. The number of aliphatic hydroxyl groups excluding tert-OH is 1. The average molecular weight is 286 g/mol. The normalized spacial score (nSPS) is 10.4. The number of unbranched alkanes of at least 4 members (excludes halogenated alkanes) is 1. The Labute approximate surface area is 117 Å². The van der Waals surface area contributed by atoms with Gasteiger partial charge in [-0.3, -0.25) is 0 Å². The summed E-state index contributed by atoms with van der Waals surface area (Å²) in [7, 11) is 0. The Morgan fingerprint density at radius 2 is 1.85 bits per heavy atom. The molecule has 0 fully saturated rings. The Morgan fingerprint density at radius 3 is 2.40 bits per heavy atom. The fourth-order valence-corrected chi connectivity index (χ4v) is 1.73. The molecule has 1 rings (SSSR count). The van der Waals surface area contributed by atoms with Gasteiger partial charge in [-0.2, -0.15) is 0 Å². The molecule has 0 aliphatic carbocycles. The summed E-state index contributed by atoms with van der Waals surface area (Å²) in [6.45, 7) is 2.78. The summed E-state index contributed by atoms with van der Waals surface area (Å²) in [6.07, 6.45) is 2.12. The van der Waals surface area contributed by atoms with Gasteiger partial charge in [-0.05, 0) is 25.0 Å². The number of anilines is 1. The summed E-state index contributed by atoms with van der Waals surface area (Å²) < 4.78 is 26.9. The molecule has 1 aromatic rings. The van der Waals surface area contributed by atoms with Gasteiger partial charge in [0.15, 0.2) is 0 Å². The van der Waals surface area contributed by atoms with Crippen LogP contribution in [0.15, 0.2) is 18.2 Å². The number of benzene rings is 1. The van der Waals surface area contributed by atoms with Crippen LogP contribution in [0.4, 0.5) is 19.3 Å². The maximum Gasteiger partial charge on any atom is 0.322 e. The van der Waals surface area contributed by atoms with Gasteiger partial charge in [0, 0.05) is 19.7 Å². The molecule has 2 N–H and O–H groups in total. The molecule has 0 atom stereocenters. The summed E-state index contributed by atoms with van der Waals surface area (Å²) in [5.41, 5.74) is -0.442. The Kier molecular flexibility index (Phi) is 6.93. The molecular formula is C14H20F2N2O2. The largest absolute Gasteiger partial charge is 0.396 e. The molecule has 0 aliphatic heterocycles. The van der Waals surface area contributed by atoms with E-state index in [-0.39, 0.29) is 6.61 Å². The summed E-state index contributed by atoms with van der Waals surface area (Å²) in [5, 5.41) is 11.1. The van der Waals surface area contributed by atoms with Crippen LogP contribution in [0.2, 0.25) is 0 Å². The predicted octanol–water partition coefficient (Wildman–Crippen LogP) is 2.98. The van der Waals surface area contributed by atoms with E-state index in [1.54, 1.807) is 0 Å². The van der Waals surface area contributed by atoms with Crippen molar-refractivity contribution in [3.05, 3.63) is 29.8 Å². The van der Waals surface area contributed by atoms with E-state index in [0.717, 1.165) is 25.0 Å². The zero-order chi connectivity index (χ0) is 15.0. The fraction of sp³-hybridized carbons (Fsp3) is 0.500. The lowest BCUT2D eigenvalue weighted by Gasteiger charge is -2.23. The summed E-state index contributed by atoms with van der Waals surface area (Å²) in [5.74, 6) is -1.62. The SMILES string of the molecule is CCCCN(CCCO)C(=O)Nc1c(F)cccc1F. The Bertz CT molecular complexity index is 413. The second-order valence-electron chi connectivity index (χ2n) is 4.44. The van der Waals surface area contributed by atoms with Gasteiger partial charge in [0.2, 0.25) is 0 Å². The van der Waals surface area contributed by atoms with Gasteiger partial charge in [0.25, 0.3) is 0 Å². The van der Waals surface area contributed by atoms with E-state index < -0.39 is 23.4 Å². The number of carbonyl (C=O) groups excluding carboxylic acids is 1. The number of nitrogens with zero attached hydrogens (tertiary/aromatic N) is 1. The summed E-state index contributed by atoms with van der Waals surface area (Å²) >= 11 is 0. The van der Waals surface area contributed by atoms with Crippen LogP contribution in [-0.4, -0.2) is 35.7 Å². The fourth-order valence-electron chi connectivity index (χ4n) is 1.73. The number of amides is 2. The highest BCUT2D eigenvalue weighted by molar-refractivity contribution is 5.89. The molecule has 0 bridgehead atoms. The Morgan fingerprint density at radius 1 is 1.25 bits per heavy atom. The molecule has 2 amide bonds. The first-order chi connectivity index (χ1) is 9.60. The van der Waals surface area contributed by atoms with Crippen LogP contribution in [0.3, 0.4) is 0 Å². The van der Waals surface area contributed by atoms with E-state index in [0.29, 0.717) is 19.5 Å². The van der Waals surface area contributed by atoms with Crippen LogP contribution in [0, 0.1) is 11.6 Å². The molecule has 4 nitrogen and oxygen atoms in total. The third-order valence-electron chi connectivity index (χ3n) is 2.85. The maximum atomic E-state index is 13.5. The van der Waals surface area contributed by atoms with E-state index in [2.05, 4.69) is 5.32 Å². The number of aliphatic hydroxyl groups is 1. The Hall–Kier alpha value is -1.69. The standard InChI is InChI=1S/C14H20F2N2O2/c1-2-3-8-18(9-5-10-19)14(20)17-13-11(15)6-4-7-12(13)16/h4,6-7,19H,2-3,5,8-10H2,1H3,(H,17,20). The smallest absolute Gasteiger partial charge is 0.322 e. The predicted molar refractivity (Wildman–Crippen MR) is 73.6 cm³/mol. The second-order valence-corrected chi connectivity index (χ2v) is 4.44. The number of halogens is 2. The number of rotatable bonds is 7. The molecule has 0 aliphatic rings. The zero-order valence-corrected chi connectivity index (χ0v) is 11.5. The van der Waals surface area contributed by atoms with Crippen molar-refractivity contribution in [2.24, 2.45) is 0 Å². The molecule has 112 valence electrons. The van der Waals surface area contributed by atoms with Gasteiger partial charge in [-0.25, -0.2) is 13.6 Å². The molecule has 0 unspecified atom stereocenters. The Balaban J connectivity index is 2.73. The lowest BCUT2D eigenvalue weighted by molar-refractivity contribution is 0.200. The number of nitrogens with one attached hydrogen (secondary N) is 1. The van der Waals surface area contributed by atoms with Crippen LogP contribution in [0.1, 0.15) is 26.2 Å². The summed E-state index contributed by atoms with van der Waals surface area (Å²) in [6, 6.07) is 2.85. The van der Waals surface area contributed by atoms with Crippen molar-refractivity contribution in [1.29, 1.82) is 0 Å². The molecule has 0 heterocycles. The number of carbonyl (C=O) groups is 1. The van der Waals surface area contributed by atoms with Crippen molar-refractivity contribution < 1.29 is 18.7 Å². The molecule has 0 radical (unpaired) electrons. The van der Waals surface area contributed by atoms with Gasteiger partial charge in [0.05, 0.1) is 0 Å². The van der Waals surface area contributed by atoms with E-state index >= 15 is 0 Å². The van der Waals surface area contributed by atoms with E-state index in [1.807, 2.05) is 6.92 Å². The van der Waals surface area contributed by atoms with Crippen LogP contribution in [0.5, 0.6) is 0 Å². The number of hydrogen-bond donors (Lipinski definition) is 2. The van der Waals surface area contributed by atoms with Crippen LogP contribution >= 0.6 is 0 Å². The monoisotopic (exact) mass is 286 g/mol. The molecule has 0 aromatic heterocycles. The van der Waals surface area contributed by atoms with Crippen LogP contribution < -0.4 is 5.32 Å². The third-order valence-corrected chi connectivity index (χ3v) is 2.85. The number of para-hydroxylation sites is 1. The van der Waals surface area contributed by atoms with Crippen molar-refractivity contribution in [3.63, 3.8) is 0 Å². The topological polar surface area (TPSA) is 52.6 Å². The van der Waals surface area contributed by atoms with E-state index in [4.69, 9.17) is 5.11 Å². The molecule has 0 saturated heterocycles. The molecule has 20 heavy (non-hydrogen) atoms. The number of urea groups is 1. The lowest BCUT2D eigenvalue weighted by atomic mass is 10.3. The first kappa shape index (κ1) is 16.4. The zero-order valence-electron chi connectivity index (χ0n) is 11.5. The van der Waals surface area contributed by atoms with Crippen molar-refractivity contribution >= 4 is 11.7 Å². The van der Waals surface area contributed by atoms with Gasteiger partial charge in [-0.15, -0.1) is 0 Å². The van der Waals surface area contributed by atoms with Gasteiger partial charge in [0.1, 0.15) is 17.3 Å².